The molecule has 216 valence electrons. The van der Waals surface area contributed by atoms with Gasteiger partial charge in [-0.15, -0.1) is 0 Å². The summed E-state index contributed by atoms with van der Waals surface area (Å²) >= 11 is 0. The van der Waals surface area contributed by atoms with E-state index in [1.807, 2.05) is 0 Å². The van der Waals surface area contributed by atoms with Gasteiger partial charge in [0, 0.05) is 23.3 Å². The van der Waals surface area contributed by atoms with Crippen molar-refractivity contribution < 1.29 is 64.1 Å². The number of carboxylic acids is 2. The van der Waals surface area contributed by atoms with E-state index >= 15 is 0 Å². The molecule has 14 heteroatoms. The van der Waals surface area contributed by atoms with Crippen LogP contribution in [0.5, 0.6) is 28.7 Å². The molecule has 0 radical (unpaired) electrons. The quantitative estimate of drug-likeness (QED) is 0.219. The lowest BCUT2D eigenvalue weighted by Crippen LogP contribution is -2.69. The molecule has 2 aromatic carbocycles. The van der Waals surface area contributed by atoms with Gasteiger partial charge in [-0.1, -0.05) is 0 Å². The smallest absolute Gasteiger partial charge is 0.340 e. The number of hydrogen-bond acceptors (Lipinski definition) is 12. The molecule has 2 aliphatic carbocycles. The van der Waals surface area contributed by atoms with Gasteiger partial charge in [-0.05, 0) is 25.8 Å². The predicted molar refractivity (Wildman–Crippen MR) is 137 cm³/mol. The molecule has 7 N–H and O–H groups in total. The largest absolute Gasteiger partial charge is 0.504 e. The van der Waals surface area contributed by atoms with Crippen molar-refractivity contribution in [1.29, 1.82) is 0 Å². The van der Waals surface area contributed by atoms with Crippen molar-refractivity contribution in [1.82, 2.24) is 0 Å². The second-order valence-corrected chi connectivity index (χ2v) is 10.6. The number of hydrogen-bond donors (Lipinski definition) is 7. The third kappa shape index (κ3) is 2.75. The number of Topliss-reactive ketones (excluding diaryl/α,β-unsaturated/α-hetero) is 2. The first-order chi connectivity index (χ1) is 19.6. The zero-order valence-electron chi connectivity index (χ0n) is 21.6. The Morgan fingerprint density at radius 3 is 2.12 bits per heavy atom. The van der Waals surface area contributed by atoms with Crippen molar-refractivity contribution in [2.75, 3.05) is 6.61 Å². The van der Waals surface area contributed by atoms with Crippen LogP contribution in [0.3, 0.4) is 0 Å². The number of carboxylic acid groups (broad SMARTS) is 2. The molecule has 1 aromatic heterocycles. The van der Waals surface area contributed by atoms with Gasteiger partial charge in [0.25, 0.3) is 0 Å². The van der Waals surface area contributed by atoms with E-state index in [-0.39, 0.29) is 22.6 Å². The van der Waals surface area contributed by atoms with Gasteiger partial charge in [0.15, 0.2) is 34.2 Å². The van der Waals surface area contributed by atoms with Crippen LogP contribution in [0.25, 0.3) is 11.0 Å². The first kappa shape index (κ1) is 26.7. The first-order valence-corrected chi connectivity index (χ1v) is 12.3. The van der Waals surface area contributed by atoms with Crippen LogP contribution in [0, 0.1) is 5.41 Å². The number of carbonyl (C=O) groups is 4. The summed E-state index contributed by atoms with van der Waals surface area (Å²) in [5.41, 5.74) is -9.03. The fourth-order valence-electron chi connectivity index (χ4n) is 7.11. The van der Waals surface area contributed by atoms with Gasteiger partial charge in [0.05, 0.1) is 22.1 Å². The molecule has 2 bridgehead atoms. The van der Waals surface area contributed by atoms with Crippen molar-refractivity contribution in [2.45, 2.75) is 31.6 Å². The SMILES string of the molecule is CC(=O)C12c3c(cc(O)c(O)c3C(=O)O)OCC13Cc1c(oc4cc(O)c(O)c(C(=O)O)c4c1=O)C2C(C)=C(O)C3=O. The maximum atomic E-state index is 14.0. The Kier molecular flexibility index (Phi) is 5.10. The topological polar surface area (TPSA) is 249 Å². The minimum Gasteiger partial charge on any atom is -0.504 e. The third-order valence-corrected chi connectivity index (χ3v) is 8.74. The molecule has 3 aliphatic rings. The second-order valence-electron chi connectivity index (χ2n) is 10.6. The molecule has 3 aromatic rings. The molecule has 0 amide bonds. The number of ketones is 2. The van der Waals surface area contributed by atoms with Crippen molar-refractivity contribution in [3.8, 4) is 28.7 Å². The highest BCUT2D eigenvalue weighted by molar-refractivity contribution is 6.12. The summed E-state index contributed by atoms with van der Waals surface area (Å²) in [7, 11) is 0. The highest BCUT2D eigenvalue weighted by Crippen LogP contribution is 2.68. The number of aliphatic hydroxyl groups is 1. The number of aliphatic hydroxyl groups excluding tert-OH is 1. The normalized spacial score (nSPS) is 24.0. The number of phenols is 4. The molecule has 0 fully saturated rings. The molecule has 42 heavy (non-hydrogen) atoms. The maximum absolute atomic E-state index is 14.0. The van der Waals surface area contributed by atoms with Crippen LogP contribution in [-0.2, 0) is 21.4 Å². The van der Waals surface area contributed by atoms with Crippen LogP contribution in [-0.4, -0.2) is 65.9 Å². The van der Waals surface area contributed by atoms with Gasteiger partial charge in [-0.3, -0.25) is 14.4 Å². The molecule has 0 spiro atoms. The average molecular weight is 580 g/mol. The number of allylic oxidation sites excluding steroid dienone is 2. The van der Waals surface area contributed by atoms with E-state index in [4.69, 9.17) is 9.15 Å². The Bertz CT molecular complexity index is 1960. The van der Waals surface area contributed by atoms with Gasteiger partial charge in [-0.2, -0.15) is 0 Å². The van der Waals surface area contributed by atoms with E-state index in [0.29, 0.717) is 0 Å². The van der Waals surface area contributed by atoms with Crippen LogP contribution in [0.1, 0.15) is 57.4 Å². The highest BCUT2D eigenvalue weighted by Gasteiger charge is 2.74. The number of aromatic carboxylic acids is 2. The van der Waals surface area contributed by atoms with Crippen LogP contribution in [0.15, 0.2) is 32.7 Å². The van der Waals surface area contributed by atoms with Crippen LogP contribution < -0.4 is 10.2 Å². The molecule has 0 saturated carbocycles. The minimum atomic E-state index is -2.29. The number of aromatic hydroxyl groups is 4. The van der Waals surface area contributed by atoms with E-state index in [0.717, 1.165) is 19.1 Å². The molecule has 3 atom stereocenters. The van der Waals surface area contributed by atoms with Crippen molar-refractivity contribution in [2.24, 2.45) is 5.41 Å². The number of rotatable bonds is 3. The number of fused-ring (bicyclic) bond motifs is 4. The van der Waals surface area contributed by atoms with Gasteiger partial charge < -0.3 is 44.9 Å². The van der Waals surface area contributed by atoms with Crippen LogP contribution in [0.2, 0.25) is 0 Å². The Morgan fingerprint density at radius 1 is 0.929 bits per heavy atom. The molecule has 0 saturated heterocycles. The molecule has 3 unspecified atom stereocenters. The molecule has 2 heterocycles. The zero-order chi connectivity index (χ0) is 30.8. The maximum Gasteiger partial charge on any atom is 0.340 e. The van der Waals surface area contributed by atoms with Crippen molar-refractivity contribution in [3.63, 3.8) is 0 Å². The Labute approximate surface area is 232 Å². The average Bonchev–Trinajstić information content (AvgIpc) is 2.91. The summed E-state index contributed by atoms with van der Waals surface area (Å²) in [5, 5.41) is 71.6. The van der Waals surface area contributed by atoms with E-state index in [9.17, 15) is 59.7 Å². The summed E-state index contributed by atoms with van der Waals surface area (Å²) in [6.07, 6.45) is -0.728. The Balaban J connectivity index is 1.87. The summed E-state index contributed by atoms with van der Waals surface area (Å²) in [6.45, 7) is 1.59. The summed E-state index contributed by atoms with van der Waals surface area (Å²) in [4.78, 5) is 66.5. The van der Waals surface area contributed by atoms with E-state index < -0.39 is 115 Å². The molecule has 14 nitrogen and oxygen atoms in total. The van der Waals surface area contributed by atoms with Gasteiger partial charge in [0.1, 0.15) is 40.6 Å². The van der Waals surface area contributed by atoms with Crippen molar-refractivity contribution in [3.05, 3.63) is 61.7 Å². The van der Waals surface area contributed by atoms with Gasteiger partial charge >= 0.3 is 11.9 Å². The standard InChI is InChI=1S/C28H20O14/c1-7-17-23-9(20(33)14-12(42-23)3-10(30)21(34)15(14)25(37)38)5-27(24(36)19(7)32)6-41-13-4-11(31)22(35)16(26(39)40)18(13)28(17,27)8(2)29/h3-4,17,30-32,34-35H,5-6H2,1-2H3,(H,37,38)(H,39,40). The number of benzene rings is 2. The number of carbonyl (C=O) groups excluding carboxylic acids is 2. The highest BCUT2D eigenvalue weighted by atomic mass is 16.5. The molecule has 1 aliphatic heterocycles. The molecular weight excluding hydrogens is 560 g/mol. The van der Waals surface area contributed by atoms with Gasteiger partial charge in [-0.25, -0.2) is 9.59 Å². The zero-order valence-corrected chi connectivity index (χ0v) is 21.6. The minimum absolute atomic E-state index is 0.215. The lowest BCUT2D eigenvalue weighted by Gasteiger charge is -2.59. The number of ether oxygens (including phenoxy) is 1. The van der Waals surface area contributed by atoms with Gasteiger partial charge in [0.2, 0.25) is 5.78 Å². The fourth-order valence-corrected chi connectivity index (χ4v) is 7.11. The van der Waals surface area contributed by atoms with Crippen LogP contribution in [0.4, 0.5) is 0 Å². The molecule has 6 rings (SSSR count). The lowest BCUT2D eigenvalue weighted by atomic mass is 9.41. The summed E-state index contributed by atoms with van der Waals surface area (Å²) < 4.78 is 11.7. The third-order valence-electron chi connectivity index (χ3n) is 8.74. The first-order valence-electron chi connectivity index (χ1n) is 12.3. The lowest BCUT2D eigenvalue weighted by molar-refractivity contribution is -0.151. The Hall–Kier alpha value is -5.53. The monoisotopic (exact) mass is 580 g/mol. The van der Waals surface area contributed by atoms with E-state index in [1.165, 1.54) is 6.92 Å². The summed E-state index contributed by atoms with van der Waals surface area (Å²) in [6, 6.07) is 1.65. The van der Waals surface area contributed by atoms with Crippen molar-refractivity contribution >= 4 is 34.5 Å². The summed E-state index contributed by atoms with van der Waals surface area (Å²) in [5.74, 6) is -12.7. The predicted octanol–water partition coefficient (Wildman–Crippen LogP) is 1.97. The van der Waals surface area contributed by atoms with Crippen LogP contribution >= 0.6 is 0 Å². The Morgan fingerprint density at radius 2 is 1.52 bits per heavy atom. The fraction of sp³-hybridized carbons (Fsp3) is 0.250. The number of phenolic OH excluding ortho intramolecular Hbond substituents is 2. The van der Waals surface area contributed by atoms with E-state index in [1.54, 1.807) is 0 Å². The van der Waals surface area contributed by atoms with E-state index in [2.05, 4.69) is 0 Å². The second kappa shape index (κ2) is 8.02. The molecular formula is C28H20O14.